The maximum Gasteiger partial charge on any atom is 0.408 e. The van der Waals surface area contributed by atoms with Crippen LogP contribution in [0, 0.1) is 0 Å². The second kappa shape index (κ2) is 6.00. The lowest BCUT2D eigenvalue weighted by Crippen LogP contribution is -2.59. The van der Waals surface area contributed by atoms with Crippen molar-refractivity contribution in [3.63, 3.8) is 0 Å². The van der Waals surface area contributed by atoms with Crippen molar-refractivity contribution in [2.75, 3.05) is 21.3 Å². The molecule has 0 bridgehead atoms. The van der Waals surface area contributed by atoms with Crippen molar-refractivity contribution in [1.29, 1.82) is 0 Å². The van der Waals surface area contributed by atoms with Gasteiger partial charge in [-0.05, 0) is 6.42 Å². The Morgan fingerprint density at radius 1 is 1.50 bits per heavy atom. The van der Waals surface area contributed by atoms with E-state index in [1.807, 2.05) is 6.92 Å². The first-order valence-corrected chi connectivity index (χ1v) is 5.48. The molecule has 5 nitrogen and oxygen atoms in total. The van der Waals surface area contributed by atoms with Gasteiger partial charge in [0.2, 0.25) is 0 Å². The summed E-state index contributed by atoms with van der Waals surface area (Å²) in [7, 11) is 5.08. The summed E-state index contributed by atoms with van der Waals surface area (Å²) in [5, 5.41) is 1.92. The molecule has 84 valence electrons. The van der Waals surface area contributed by atoms with E-state index in [1.54, 1.807) is 14.2 Å². The van der Waals surface area contributed by atoms with Gasteiger partial charge in [0.15, 0.2) is 0 Å². The van der Waals surface area contributed by atoms with E-state index >= 15 is 0 Å². The lowest BCUT2D eigenvalue weighted by Gasteiger charge is -2.35. The van der Waals surface area contributed by atoms with Crippen molar-refractivity contribution in [1.82, 2.24) is 5.32 Å². The zero-order valence-corrected chi connectivity index (χ0v) is 11.4. The highest BCUT2D eigenvalue weighted by Crippen LogP contribution is 2.14. The molecule has 0 aromatic rings. The van der Waals surface area contributed by atoms with Crippen LogP contribution in [0.25, 0.3) is 0 Å². The SMILES string of the molecule is CCC(OC)C([SiH3])(NC(=O)OC)OC. The minimum atomic E-state index is -0.726. The van der Waals surface area contributed by atoms with Crippen molar-refractivity contribution >= 4 is 16.3 Å². The first-order valence-electron chi connectivity index (χ1n) is 4.48. The molecule has 0 aromatic heterocycles. The fourth-order valence-electron chi connectivity index (χ4n) is 1.30. The van der Waals surface area contributed by atoms with Gasteiger partial charge in [0.25, 0.3) is 0 Å². The number of nitrogens with one attached hydrogen (secondary N) is 1. The topological polar surface area (TPSA) is 56.8 Å². The summed E-state index contributed by atoms with van der Waals surface area (Å²) in [5.74, 6) is 0. The van der Waals surface area contributed by atoms with Gasteiger partial charge in [-0.25, -0.2) is 4.79 Å². The monoisotopic (exact) mass is 221 g/mol. The smallest absolute Gasteiger partial charge is 0.408 e. The summed E-state index contributed by atoms with van der Waals surface area (Å²) in [4.78, 5) is 11.1. The van der Waals surface area contributed by atoms with Crippen LogP contribution >= 0.6 is 0 Å². The highest BCUT2D eigenvalue weighted by atomic mass is 28.1. The number of rotatable bonds is 5. The summed E-state index contributed by atoms with van der Waals surface area (Å²) in [6.45, 7) is 1.97. The Bertz CT molecular complexity index is 186. The van der Waals surface area contributed by atoms with Gasteiger partial charge in [-0.3, -0.25) is 5.32 Å². The van der Waals surface area contributed by atoms with Gasteiger partial charge in [-0.15, -0.1) is 0 Å². The molecule has 1 N–H and O–H groups in total. The normalized spacial score (nSPS) is 17.1. The van der Waals surface area contributed by atoms with Crippen LogP contribution in [0.15, 0.2) is 0 Å². The zero-order chi connectivity index (χ0) is 11.2. The van der Waals surface area contributed by atoms with Crippen LogP contribution in [0.1, 0.15) is 13.3 Å². The minimum Gasteiger partial charge on any atom is -0.453 e. The summed E-state index contributed by atoms with van der Waals surface area (Å²) in [6.07, 6.45) is 0.105. The third kappa shape index (κ3) is 3.28. The number of hydrogen-bond acceptors (Lipinski definition) is 4. The average molecular weight is 221 g/mol. The molecule has 0 aliphatic rings. The molecule has 0 heterocycles. The van der Waals surface area contributed by atoms with E-state index in [2.05, 4.69) is 10.1 Å². The van der Waals surface area contributed by atoms with E-state index < -0.39 is 11.4 Å². The lowest BCUT2D eigenvalue weighted by molar-refractivity contribution is -0.0807. The highest BCUT2D eigenvalue weighted by Gasteiger charge is 2.34. The van der Waals surface area contributed by atoms with Crippen LogP contribution < -0.4 is 5.32 Å². The van der Waals surface area contributed by atoms with Gasteiger partial charge in [0.05, 0.1) is 23.5 Å². The van der Waals surface area contributed by atoms with Crippen molar-refractivity contribution in [3.05, 3.63) is 0 Å². The Morgan fingerprint density at radius 2 is 2.07 bits per heavy atom. The molecule has 0 radical (unpaired) electrons. The zero-order valence-electron chi connectivity index (χ0n) is 9.42. The van der Waals surface area contributed by atoms with Gasteiger partial charge in [-0.1, -0.05) is 6.92 Å². The van der Waals surface area contributed by atoms with E-state index in [4.69, 9.17) is 9.47 Å². The molecular formula is C8H19NO4Si. The number of carbonyl (C=O) groups is 1. The van der Waals surface area contributed by atoms with Crippen molar-refractivity contribution in [3.8, 4) is 0 Å². The maximum absolute atomic E-state index is 11.1. The number of methoxy groups -OCH3 is 3. The van der Waals surface area contributed by atoms with Gasteiger partial charge in [0.1, 0.15) is 5.35 Å². The predicted molar refractivity (Wildman–Crippen MR) is 56.3 cm³/mol. The second-order valence-electron chi connectivity index (χ2n) is 3.06. The molecule has 0 aliphatic carbocycles. The van der Waals surface area contributed by atoms with Crippen molar-refractivity contribution in [2.45, 2.75) is 24.8 Å². The van der Waals surface area contributed by atoms with E-state index in [1.165, 1.54) is 7.11 Å². The van der Waals surface area contributed by atoms with Crippen LogP contribution in [0.5, 0.6) is 0 Å². The van der Waals surface area contributed by atoms with Gasteiger partial charge in [-0.2, -0.15) is 0 Å². The number of amides is 1. The molecule has 6 heteroatoms. The molecule has 0 spiro atoms. The number of carbonyl (C=O) groups excluding carboxylic acids is 1. The molecule has 0 aliphatic heterocycles. The van der Waals surface area contributed by atoms with Gasteiger partial charge >= 0.3 is 6.09 Å². The molecule has 0 saturated heterocycles. The minimum absolute atomic E-state index is 0.154. The lowest BCUT2D eigenvalue weighted by atomic mass is 10.2. The molecule has 1 amide bonds. The molecule has 0 fully saturated rings. The van der Waals surface area contributed by atoms with Crippen LogP contribution in [0.4, 0.5) is 4.79 Å². The standard InChI is InChI=1S/C8H19NO4Si/c1-5-6(11-2)8(14,13-4)9-7(10)12-3/h6H,5H2,1-4,14H3,(H,9,10). The summed E-state index contributed by atoms with van der Waals surface area (Å²) >= 11 is 0. The van der Waals surface area contributed by atoms with Crippen LogP contribution in [-0.2, 0) is 14.2 Å². The molecule has 0 rings (SSSR count). The highest BCUT2D eigenvalue weighted by molar-refractivity contribution is 6.15. The van der Waals surface area contributed by atoms with E-state index in [9.17, 15) is 4.79 Å². The van der Waals surface area contributed by atoms with Crippen molar-refractivity contribution in [2.24, 2.45) is 0 Å². The summed E-state index contributed by atoms with van der Waals surface area (Å²) < 4.78 is 15.0. The second-order valence-corrected chi connectivity index (χ2v) is 4.55. The molecule has 14 heavy (non-hydrogen) atoms. The van der Waals surface area contributed by atoms with Crippen molar-refractivity contribution < 1.29 is 19.0 Å². The van der Waals surface area contributed by atoms with Gasteiger partial charge < -0.3 is 14.2 Å². The Hall–Kier alpha value is -0.593. The molecule has 0 aromatic carbocycles. The summed E-state index contributed by atoms with van der Waals surface area (Å²) in [6, 6.07) is 0. The molecule has 0 saturated carbocycles. The van der Waals surface area contributed by atoms with Crippen LogP contribution in [0.2, 0.25) is 0 Å². The Labute approximate surface area is 87.5 Å². The molecular weight excluding hydrogens is 202 g/mol. The quantitative estimate of drug-likeness (QED) is 0.499. The van der Waals surface area contributed by atoms with Crippen LogP contribution in [0.3, 0.4) is 0 Å². The third-order valence-corrected chi connectivity index (χ3v) is 3.53. The largest absolute Gasteiger partial charge is 0.453 e. The van der Waals surface area contributed by atoms with Gasteiger partial charge in [0, 0.05) is 14.2 Å². The number of alkyl carbamates (subject to hydrolysis) is 1. The van der Waals surface area contributed by atoms with E-state index in [0.29, 0.717) is 10.2 Å². The molecule has 2 atom stereocenters. The number of hydrogen-bond donors (Lipinski definition) is 1. The Kier molecular flexibility index (Phi) is 5.74. The average Bonchev–Trinajstić information content (AvgIpc) is 2.19. The van der Waals surface area contributed by atoms with E-state index in [-0.39, 0.29) is 6.10 Å². The Balaban J connectivity index is 4.51. The van der Waals surface area contributed by atoms with E-state index in [0.717, 1.165) is 6.42 Å². The number of ether oxygens (including phenoxy) is 3. The van der Waals surface area contributed by atoms with Crippen LogP contribution in [-0.4, -0.2) is 49.1 Å². The first-order chi connectivity index (χ1) is 6.53. The Morgan fingerprint density at radius 3 is 2.36 bits per heavy atom. The fraction of sp³-hybridized carbons (Fsp3) is 0.875. The third-order valence-electron chi connectivity index (χ3n) is 2.23. The summed E-state index contributed by atoms with van der Waals surface area (Å²) in [5.41, 5.74) is 0. The fourth-order valence-corrected chi connectivity index (χ4v) is 2.15. The predicted octanol–water partition coefficient (Wildman–Crippen LogP) is -0.567. The molecule has 2 unspecified atom stereocenters. The first kappa shape index (κ1) is 13.4. The maximum atomic E-state index is 11.1.